The predicted octanol–water partition coefficient (Wildman–Crippen LogP) is 2.77. The molecule has 4 nitrogen and oxygen atoms in total. The van der Waals surface area contributed by atoms with E-state index in [1.807, 2.05) is 40.0 Å². The van der Waals surface area contributed by atoms with E-state index >= 15 is 0 Å². The standard InChI is InChI=1S/C13H18N2O2/c1-9-7-10-8-14-6-5-11(10)15(9)12(16)17-13(2,3)4/h5-6,8-9H,7H2,1-4H3. The molecular formula is C13H18N2O2. The highest BCUT2D eigenvalue weighted by molar-refractivity contribution is 5.91. The minimum atomic E-state index is -0.466. The van der Waals surface area contributed by atoms with E-state index < -0.39 is 5.60 Å². The van der Waals surface area contributed by atoms with Crippen LogP contribution in [-0.2, 0) is 11.2 Å². The normalized spacial score (nSPS) is 19.1. The Morgan fingerprint density at radius 2 is 2.24 bits per heavy atom. The lowest BCUT2D eigenvalue weighted by molar-refractivity contribution is 0.0572. The largest absolute Gasteiger partial charge is 0.443 e. The molecule has 4 heteroatoms. The summed E-state index contributed by atoms with van der Waals surface area (Å²) < 4.78 is 5.42. The summed E-state index contributed by atoms with van der Waals surface area (Å²) in [4.78, 5) is 17.9. The SMILES string of the molecule is CC1Cc2cnccc2N1C(=O)OC(C)(C)C. The molecule has 0 aliphatic carbocycles. The van der Waals surface area contributed by atoms with E-state index in [0.717, 1.165) is 17.7 Å². The first kappa shape index (κ1) is 11.9. The summed E-state index contributed by atoms with van der Waals surface area (Å²) in [6, 6.07) is 1.99. The first-order valence-corrected chi connectivity index (χ1v) is 5.83. The topological polar surface area (TPSA) is 42.4 Å². The Hall–Kier alpha value is -1.58. The lowest BCUT2D eigenvalue weighted by atomic mass is 10.2. The van der Waals surface area contributed by atoms with Gasteiger partial charge in [0.15, 0.2) is 0 Å². The third-order valence-electron chi connectivity index (χ3n) is 2.68. The highest BCUT2D eigenvalue weighted by Crippen LogP contribution is 2.32. The molecular weight excluding hydrogens is 216 g/mol. The van der Waals surface area contributed by atoms with Gasteiger partial charge in [-0.2, -0.15) is 0 Å². The summed E-state index contributed by atoms with van der Waals surface area (Å²) in [6.07, 6.45) is 4.07. The van der Waals surface area contributed by atoms with Crippen molar-refractivity contribution in [3.05, 3.63) is 24.0 Å². The van der Waals surface area contributed by atoms with Gasteiger partial charge < -0.3 is 4.74 Å². The van der Waals surface area contributed by atoms with Crippen LogP contribution in [0.25, 0.3) is 0 Å². The molecule has 0 radical (unpaired) electrons. The maximum absolute atomic E-state index is 12.1. The van der Waals surface area contributed by atoms with Crippen molar-refractivity contribution in [2.45, 2.75) is 45.8 Å². The molecule has 1 unspecified atom stereocenters. The molecule has 0 fully saturated rings. The molecule has 1 aliphatic rings. The second kappa shape index (κ2) is 4.02. The molecule has 1 atom stereocenters. The highest BCUT2D eigenvalue weighted by atomic mass is 16.6. The molecule has 1 aromatic rings. The molecule has 0 bridgehead atoms. The molecule has 1 aliphatic heterocycles. The first-order chi connectivity index (χ1) is 7.88. The van der Waals surface area contributed by atoms with Gasteiger partial charge in [0.1, 0.15) is 5.60 Å². The predicted molar refractivity (Wildman–Crippen MR) is 66.1 cm³/mol. The molecule has 17 heavy (non-hydrogen) atoms. The first-order valence-electron chi connectivity index (χ1n) is 5.83. The van der Waals surface area contributed by atoms with Crippen LogP contribution in [0.1, 0.15) is 33.3 Å². The van der Waals surface area contributed by atoms with Gasteiger partial charge in [0.2, 0.25) is 0 Å². The Morgan fingerprint density at radius 1 is 1.53 bits per heavy atom. The van der Waals surface area contributed by atoms with E-state index in [-0.39, 0.29) is 12.1 Å². The van der Waals surface area contributed by atoms with E-state index in [2.05, 4.69) is 4.98 Å². The fraction of sp³-hybridized carbons (Fsp3) is 0.538. The summed E-state index contributed by atoms with van der Waals surface area (Å²) in [7, 11) is 0. The van der Waals surface area contributed by atoms with E-state index in [9.17, 15) is 4.79 Å². The number of amides is 1. The van der Waals surface area contributed by atoms with E-state index in [0.29, 0.717) is 0 Å². The van der Waals surface area contributed by atoms with Gasteiger partial charge >= 0.3 is 6.09 Å². The van der Waals surface area contributed by atoms with Crippen LogP contribution in [-0.4, -0.2) is 22.7 Å². The van der Waals surface area contributed by atoms with Crippen LogP contribution in [0, 0.1) is 0 Å². The van der Waals surface area contributed by atoms with Crippen LogP contribution >= 0.6 is 0 Å². The van der Waals surface area contributed by atoms with Crippen molar-refractivity contribution >= 4 is 11.8 Å². The Morgan fingerprint density at radius 3 is 2.88 bits per heavy atom. The van der Waals surface area contributed by atoms with Crippen molar-refractivity contribution in [3.63, 3.8) is 0 Å². The number of hydrogen-bond acceptors (Lipinski definition) is 3. The maximum atomic E-state index is 12.1. The maximum Gasteiger partial charge on any atom is 0.415 e. The fourth-order valence-corrected chi connectivity index (χ4v) is 2.05. The minimum absolute atomic E-state index is 0.129. The molecule has 0 N–H and O–H groups in total. The van der Waals surface area contributed by atoms with Gasteiger partial charge in [0.05, 0.1) is 5.69 Å². The average Bonchev–Trinajstić information content (AvgIpc) is 2.50. The van der Waals surface area contributed by atoms with Crippen LogP contribution in [0.2, 0.25) is 0 Å². The van der Waals surface area contributed by atoms with Gasteiger partial charge in [-0.1, -0.05) is 0 Å². The summed E-state index contributed by atoms with van der Waals surface area (Å²) in [6.45, 7) is 7.64. The molecule has 2 heterocycles. The minimum Gasteiger partial charge on any atom is -0.443 e. The molecule has 0 saturated carbocycles. The molecule has 0 saturated heterocycles. The zero-order chi connectivity index (χ0) is 12.6. The fourth-order valence-electron chi connectivity index (χ4n) is 2.05. The summed E-state index contributed by atoms with van der Waals surface area (Å²) in [5.41, 5.74) is 1.56. The third-order valence-corrected chi connectivity index (χ3v) is 2.68. The monoisotopic (exact) mass is 234 g/mol. The van der Waals surface area contributed by atoms with Crippen molar-refractivity contribution in [3.8, 4) is 0 Å². The number of pyridine rings is 1. The number of fused-ring (bicyclic) bond motifs is 1. The second-order valence-corrected chi connectivity index (χ2v) is 5.41. The Balaban J connectivity index is 2.25. The summed E-state index contributed by atoms with van der Waals surface area (Å²) >= 11 is 0. The number of carbonyl (C=O) groups excluding carboxylic acids is 1. The number of ether oxygens (including phenoxy) is 1. The van der Waals surface area contributed by atoms with Gasteiger partial charge in [0, 0.05) is 18.4 Å². The molecule has 1 amide bonds. The van der Waals surface area contributed by atoms with Gasteiger partial charge in [-0.25, -0.2) is 4.79 Å². The number of rotatable bonds is 0. The number of anilines is 1. The van der Waals surface area contributed by atoms with Crippen LogP contribution in [0.5, 0.6) is 0 Å². The van der Waals surface area contributed by atoms with Crippen molar-refractivity contribution in [2.24, 2.45) is 0 Å². The second-order valence-electron chi connectivity index (χ2n) is 5.41. The van der Waals surface area contributed by atoms with E-state index in [4.69, 9.17) is 4.74 Å². The zero-order valence-corrected chi connectivity index (χ0v) is 10.7. The Bertz CT molecular complexity index is 437. The molecule has 0 aromatic carbocycles. The van der Waals surface area contributed by atoms with Crippen molar-refractivity contribution in [1.29, 1.82) is 0 Å². The third kappa shape index (κ3) is 2.40. The van der Waals surface area contributed by atoms with Crippen molar-refractivity contribution in [1.82, 2.24) is 4.98 Å². The van der Waals surface area contributed by atoms with Crippen LogP contribution in [0.3, 0.4) is 0 Å². The quantitative estimate of drug-likeness (QED) is 0.693. The lowest BCUT2D eigenvalue weighted by Gasteiger charge is -2.27. The summed E-state index contributed by atoms with van der Waals surface area (Å²) in [5.74, 6) is 0. The number of aromatic nitrogens is 1. The van der Waals surface area contributed by atoms with Crippen molar-refractivity contribution < 1.29 is 9.53 Å². The highest BCUT2D eigenvalue weighted by Gasteiger charge is 2.33. The molecule has 1 aromatic heterocycles. The Labute approximate surface area is 102 Å². The number of carbonyl (C=O) groups is 1. The Kier molecular flexibility index (Phi) is 2.81. The molecule has 92 valence electrons. The van der Waals surface area contributed by atoms with Gasteiger partial charge in [-0.3, -0.25) is 9.88 Å². The van der Waals surface area contributed by atoms with Crippen LogP contribution in [0.4, 0.5) is 10.5 Å². The zero-order valence-electron chi connectivity index (χ0n) is 10.7. The molecule has 0 spiro atoms. The lowest BCUT2D eigenvalue weighted by Crippen LogP contribution is -2.40. The van der Waals surface area contributed by atoms with Gasteiger partial charge in [0.25, 0.3) is 0 Å². The summed E-state index contributed by atoms with van der Waals surface area (Å²) in [5, 5.41) is 0. The van der Waals surface area contributed by atoms with E-state index in [1.165, 1.54) is 0 Å². The number of hydrogen-bond donors (Lipinski definition) is 0. The van der Waals surface area contributed by atoms with E-state index in [1.54, 1.807) is 11.1 Å². The number of nitrogens with zero attached hydrogens (tertiary/aromatic N) is 2. The molecule has 2 rings (SSSR count). The van der Waals surface area contributed by atoms with Gasteiger partial charge in [-0.05, 0) is 45.7 Å². The van der Waals surface area contributed by atoms with Gasteiger partial charge in [-0.15, -0.1) is 0 Å². The smallest absolute Gasteiger partial charge is 0.415 e. The van der Waals surface area contributed by atoms with Crippen molar-refractivity contribution in [2.75, 3.05) is 4.90 Å². The average molecular weight is 234 g/mol. The van der Waals surface area contributed by atoms with Crippen LogP contribution < -0.4 is 4.90 Å². The van der Waals surface area contributed by atoms with Crippen LogP contribution in [0.15, 0.2) is 18.5 Å².